The monoisotopic (exact) mass is 354 g/mol. The Balaban J connectivity index is 1.60. The van der Waals surface area contributed by atoms with Gasteiger partial charge in [-0.05, 0) is 36.5 Å². The molecule has 1 aliphatic carbocycles. The van der Waals surface area contributed by atoms with Gasteiger partial charge in [0.25, 0.3) is 11.6 Å². The van der Waals surface area contributed by atoms with Crippen molar-refractivity contribution < 1.29 is 19.2 Å². The van der Waals surface area contributed by atoms with Crippen LogP contribution in [0.1, 0.15) is 40.4 Å². The maximum atomic E-state index is 12.2. The quantitative estimate of drug-likeness (QED) is 0.506. The van der Waals surface area contributed by atoms with Crippen LogP contribution in [0.25, 0.3) is 0 Å². The molecule has 0 aliphatic heterocycles. The average molecular weight is 354 g/mol. The van der Waals surface area contributed by atoms with E-state index in [2.05, 4.69) is 5.32 Å². The van der Waals surface area contributed by atoms with E-state index in [9.17, 15) is 19.7 Å². The van der Waals surface area contributed by atoms with Gasteiger partial charge < -0.3 is 10.1 Å². The van der Waals surface area contributed by atoms with E-state index in [1.807, 2.05) is 24.3 Å². The van der Waals surface area contributed by atoms with Gasteiger partial charge in [0.1, 0.15) is 5.56 Å². The highest BCUT2D eigenvalue weighted by atomic mass is 16.6. The van der Waals surface area contributed by atoms with Crippen LogP contribution in [-0.2, 0) is 16.0 Å². The number of amides is 1. The van der Waals surface area contributed by atoms with Crippen molar-refractivity contribution in [3.05, 3.63) is 75.3 Å². The van der Waals surface area contributed by atoms with Crippen LogP contribution in [0.5, 0.6) is 0 Å². The molecule has 134 valence electrons. The fourth-order valence-corrected chi connectivity index (χ4v) is 3.15. The highest BCUT2D eigenvalue weighted by molar-refractivity contribution is 5.95. The Kier molecular flexibility index (Phi) is 5.26. The van der Waals surface area contributed by atoms with E-state index in [4.69, 9.17) is 4.74 Å². The van der Waals surface area contributed by atoms with E-state index in [1.54, 1.807) is 0 Å². The van der Waals surface area contributed by atoms with Crippen molar-refractivity contribution in [3.8, 4) is 0 Å². The Hall–Kier alpha value is -3.22. The molecule has 2 aromatic rings. The zero-order chi connectivity index (χ0) is 18.5. The van der Waals surface area contributed by atoms with Crippen molar-refractivity contribution >= 4 is 17.6 Å². The lowest BCUT2D eigenvalue weighted by Crippen LogP contribution is -2.34. The molecule has 1 amide bonds. The van der Waals surface area contributed by atoms with E-state index in [-0.39, 0.29) is 17.3 Å². The Labute approximate surface area is 150 Å². The molecule has 0 heterocycles. The maximum Gasteiger partial charge on any atom is 0.345 e. The molecule has 1 atom stereocenters. The van der Waals surface area contributed by atoms with Gasteiger partial charge in [-0.15, -0.1) is 0 Å². The third kappa shape index (κ3) is 3.88. The third-order valence-electron chi connectivity index (χ3n) is 4.36. The number of carbonyl (C=O) groups is 2. The lowest BCUT2D eigenvalue weighted by molar-refractivity contribution is -0.385. The van der Waals surface area contributed by atoms with E-state index >= 15 is 0 Å². The smallest absolute Gasteiger partial charge is 0.345 e. The molecule has 2 aromatic carbocycles. The predicted molar refractivity (Wildman–Crippen MR) is 93.6 cm³/mol. The first-order valence-electron chi connectivity index (χ1n) is 8.34. The number of aryl methyl sites for hydroxylation is 1. The zero-order valence-electron chi connectivity index (χ0n) is 14.0. The van der Waals surface area contributed by atoms with Gasteiger partial charge in [0.2, 0.25) is 0 Å². The van der Waals surface area contributed by atoms with Gasteiger partial charge in [0.05, 0.1) is 11.0 Å². The van der Waals surface area contributed by atoms with E-state index in [0.29, 0.717) is 0 Å². The molecule has 0 bridgehead atoms. The fourth-order valence-electron chi connectivity index (χ4n) is 3.15. The molecule has 26 heavy (non-hydrogen) atoms. The van der Waals surface area contributed by atoms with Crippen molar-refractivity contribution in [3.63, 3.8) is 0 Å². The summed E-state index contributed by atoms with van der Waals surface area (Å²) >= 11 is 0. The second kappa shape index (κ2) is 7.77. The minimum absolute atomic E-state index is 0.114. The lowest BCUT2D eigenvalue weighted by atomic mass is 9.88. The molecule has 0 aromatic heterocycles. The van der Waals surface area contributed by atoms with Gasteiger partial charge in [-0.2, -0.15) is 0 Å². The second-order valence-corrected chi connectivity index (χ2v) is 6.06. The summed E-state index contributed by atoms with van der Waals surface area (Å²) in [5.41, 5.74) is 1.77. The first kappa shape index (κ1) is 17.6. The zero-order valence-corrected chi connectivity index (χ0v) is 14.0. The van der Waals surface area contributed by atoms with Crippen molar-refractivity contribution in [1.82, 2.24) is 5.32 Å². The molecule has 3 rings (SSSR count). The first-order valence-corrected chi connectivity index (χ1v) is 8.34. The summed E-state index contributed by atoms with van der Waals surface area (Å²) in [5.74, 6) is -1.32. The number of nitro benzene ring substituents is 1. The van der Waals surface area contributed by atoms with Crippen molar-refractivity contribution in [1.29, 1.82) is 0 Å². The summed E-state index contributed by atoms with van der Waals surface area (Å²) in [6.45, 7) is -0.483. The van der Waals surface area contributed by atoms with Gasteiger partial charge in [0, 0.05) is 6.07 Å². The number of nitrogens with one attached hydrogen (secondary N) is 1. The SMILES string of the molecule is O=C(COC(=O)c1ccccc1[N+](=O)[O-])N[C@@H]1CCCc2ccccc21. The number of rotatable bonds is 5. The Bertz CT molecular complexity index is 849. The number of fused-ring (bicyclic) bond motifs is 1. The van der Waals surface area contributed by atoms with Crippen LogP contribution < -0.4 is 5.32 Å². The molecule has 0 unspecified atom stereocenters. The number of para-hydroxylation sites is 1. The highest BCUT2D eigenvalue weighted by Gasteiger charge is 2.24. The average Bonchev–Trinajstić information content (AvgIpc) is 2.66. The highest BCUT2D eigenvalue weighted by Crippen LogP contribution is 2.29. The minimum atomic E-state index is -0.892. The predicted octanol–water partition coefficient (Wildman–Crippen LogP) is 2.95. The number of nitrogens with zero attached hydrogens (tertiary/aromatic N) is 1. The van der Waals surface area contributed by atoms with E-state index in [1.165, 1.54) is 29.8 Å². The van der Waals surface area contributed by atoms with Gasteiger partial charge in [-0.1, -0.05) is 36.4 Å². The summed E-state index contributed by atoms with van der Waals surface area (Å²) in [7, 11) is 0. The number of hydrogen-bond donors (Lipinski definition) is 1. The molecule has 7 nitrogen and oxygen atoms in total. The molecule has 0 saturated heterocycles. The standard InChI is InChI=1S/C19H18N2O5/c22-18(20-16-10-5-7-13-6-1-2-8-14(13)16)12-26-19(23)15-9-3-4-11-17(15)21(24)25/h1-4,6,8-9,11,16H,5,7,10,12H2,(H,20,22)/t16-/m1/s1. The maximum absolute atomic E-state index is 12.2. The third-order valence-corrected chi connectivity index (χ3v) is 4.36. The number of ether oxygens (including phenoxy) is 1. The Morgan fingerprint density at radius 2 is 1.88 bits per heavy atom. The summed E-state index contributed by atoms with van der Waals surface area (Å²) < 4.78 is 4.95. The second-order valence-electron chi connectivity index (χ2n) is 6.06. The Morgan fingerprint density at radius 1 is 1.15 bits per heavy atom. The van der Waals surface area contributed by atoms with E-state index in [0.717, 1.165) is 24.8 Å². The summed E-state index contributed by atoms with van der Waals surface area (Å²) in [5, 5.41) is 13.8. The van der Waals surface area contributed by atoms with Crippen LogP contribution in [0.2, 0.25) is 0 Å². The number of carbonyl (C=O) groups excluding carboxylic acids is 2. The van der Waals surface area contributed by atoms with Crippen LogP contribution >= 0.6 is 0 Å². The summed E-state index contributed by atoms with van der Waals surface area (Å²) in [6, 6.07) is 13.3. The van der Waals surface area contributed by atoms with Crippen LogP contribution in [0.3, 0.4) is 0 Å². The van der Waals surface area contributed by atoms with Crippen molar-refractivity contribution in [2.45, 2.75) is 25.3 Å². The van der Waals surface area contributed by atoms with Gasteiger partial charge in [-0.25, -0.2) is 4.79 Å². The molecule has 0 fully saturated rings. The number of benzene rings is 2. The molecule has 0 saturated carbocycles. The largest absolute Gasteiger partial charge is 0.452 e. The molecular weight excluding hydrogens is 336 g/mol. The van der Waals surface area contributed by atoms with Gasteiger partial charge >= 0.3 is 5.97 Å². The van der Waals surface area contributed by atoms with Crippen LogP contribution in [0.15, 0.2) is 48.5 Å². The minimum Gasteiger partial charge on any atom is -0.452 e. The number of esters is 1. The Morgan fingerprint density at radius 3 is 2.69 bits per heavy atom. The van der Waals surface area contributed by atoms with E-state index < -0.39 is 23.4 Å². The van der Waals surface area contributed by atoms with Crippen LogP contribution in [0, 0.1) is 10.1 Å². The van der Waals surface area contributed by atoms with Gasteiger partial charge in [0.15, 0.2) is 6.61 Å². The normalized spacial score (nSPS) is 15.6. The number of hydrogen-bond acceptors (Lipinski definition) is 5. The molecular formula is C19H18N2O5. The molecule has 7 heteroatoms. The van der Waals surface area contributed by atoms with Crippen molar-refractivity contribution in [2.24, 2.45) is 0 Å². The molecule has 1 aliphatic rings. The molecule has 0 radical (unpaired) electrons. The number of nitro groups is 1. The molecule has 1 N–H and O–H groups in total. The first-order chi connectivity index (χ1) is 12.6. The molecule has 0 spiro atoms. The van der Waals surface area contributed by atoms with Crippen LogP contribution in [-0.4, -0.2) is 23.4 Å². The van der Waals surface area contributed by atoms with Crippen LogP contribution in [0.4, 0.5) is 5.69 Å². The summed E-state index contributed by atoms with van der Waals surface area (Å²) in [6.07, 6.45) is 2.77. The van der Waals surface area contributed by atoms with Crippen molar-refractivity contribution in [2.75, 3.05) is 6.61 Å². The lowest BCUT2D eigenvalue weighted by Gasteiger charge is -2.26. The fraction of sp³-hybridized carbons (Fsp3) is 0.263. The summed E-state index contributed by atoms with van der Waals surface area (Å²) in [4.78, 5) is 34.5. The topological polar surface area (TPSA) is 98.5 Å². The van der Waals surface area contributed by atoms with Gasteiger partial charge in [-0.3, -0.25) is 14.9 Å².